The molecule has 2 N–H and O–H groups in total. The molecule has 0 unspecified atom stereocenters. The number of carbonyl (C=O) groups is 1. The Bertz CT molecular complexity index is 546. The third-order valence-corrected chi connectivity index (χ3v) is 3.00. The average molecular weight is 286 g/mol. The molecule has 1 aromatic carbocycles. The molecule has 9 heteroatoms. The summed E-state index contributed by atoms with van der Waals surface area (Å²) in [6.45, 7) is 0. The Morgan fingerprint density at radius 2 is 2.00 bits per heavy atom. The van der Waals surface area contributed by atoms with Crippen molar-refractivity contribution in [1.29, 1.82) is 0 Å². The van der Waals surface area contributed by atoms with Crippen molar-refractivity contribution in [3.63, 3.8) is 0 Å². The molecule has 0 fully saturated rings. The van der Waals surface area contributed by atoms with Crippen LogP contribution < -0.4 is 4.72 Å². The van der Waals surface area contributed by atoms with Crippen molar-refractivity contribution in [2.75, 3.05) is 4.72 Å². The van der Waals surface area contributed by atoms with Gasteiger partial charge in [-0.1, -0.05) is 17.7 Å². The molecule has 0 aliphatic carbocycles. The number of halogens is 3. The molecule has 1 aromatic rings. The summed E-state index contributed by atoms with van der Waals surface area (Å²) < 4.78 is 47.5. The van der Waals surface area contributed by atoms with E-state index in [1.165, 1.54) is 16.9 Å². The Balaban J connectivity index is 3.28. The van der Waals surface area contributed by atoms with Gasteiger partial charge in [0.05, 0.1) is 16.3 Å². The molecule has 17 heavy (non-hydrogen) atoms. The quantitative estimate of drug-likeness (QED) is 0.886. The SMILES string of the molecule is O=C(O)c1cccc(Cl)c1NS(=O)(=O)C(F)F. The largest absolute Gasteiger partial charge is 0.478 e. The van der Waals surface area contributed by atoms with E-state index in [0.29, 0.717) is 0 Å². The van der Waals surface area contributed by atoms with E-state index in [1.54, 1.807) is 0 Å². The Morgan fingerprint density at radius 3 is 2.47 bits per heavy atom. The predicted molar refractivity (Wildman–Crippen MR) is 57.0 cm³/mol. The molecule has 0 aliphatic rings. The number of anilines is 1. The minimum absolute atomic E-state index is 0.283. The highest BCUT2D eigenvalue weighted by atomic mass is 35.5. The van der Waals surface area contributed by atoms with E-state index in [2.05, 4.69) is 0 Å². The lowest BCUT2D eigenvalue weighted by Gasteiger charge is -2.11. The second-order valence-corrected chi connectivity index (χ2v) is 4.93. The third kappa shape index (κ3) is 3.04. The Kier molecular flexibility index (Phi) is 3.89. The van der Waals surface area contributed by atoms with Crippen LogP contribution in [0.3, 0.4) is 0 Å². The molecule has 0 atom stereocenters. The van der Waals surface area contributed by atoms with Crippen LogP contribution in [0.5, 0.6) is 0 Å². The van der Waals surface area contributed by atoms with Crippen LogP contribution in [0.15, 0.2) is 18.2 Å². The average Bonchev–Trinajstić information content (AvgIpc) is 2.20. The van der Waals surface area contributed by atoms with Gasteiger partial charge in [-0.3, -0.25) is 4.72 Å². The first-order chi connectivity index (χ1) is 7.75. The number of carboxylic acid groups (broad SMARTS) is 1. The Labute approximate surface area is 100 Å². The second-order valence-electron chi connectivity index (χ2n) is 2.88. The summed E-state index contributed by atoms with van der Waals surface area (Å²) in [5.41, 5.74) is -1.09. The van der Waals surface area contributed by atoms with Gasteiger partial charge in [-0.2, -0.15) is 8.78 Å². The van der Waals surface area contributed by atoms with Crippen LogP contribution >= 0.6 is 11.6 Å². The molecular weight excluding hydrogens is 280 g/mol. The Morgan fingerprint density at radius 1 is 1.41 bits per heavy atom. The van der Waals surface area contributed by atoms with E-state index >= 15 is 0 Å². The van der Waals surface area contributed by atoms with Crippen molar-refractivity contribution >= 4 is 33.3 Å². The second kappa shape index (κ2) is 4.84. The summed E-state index contributed by atoms with van der Waals surface area (Å²) in [7, 11) is -4.96. The van der Waals surface area contributed by atoms with Crippen molar-refractivity contribution in [1.82, 2.24) is 0 Å². The lowest BCUT2D eigenvalue weighted by Crippen LogP contribution is -2.22. The maximum atomic E-state index is 12.1. The van der Waals surface area contributed by atoms with E-state index in [1.807, 2.05) is 0 Å². The third-order valence-electron chi connectivity index (χ3n) is 1.72. The first-order valence-electron chi connectivity index (χ1n) is 4.07. The lowest BCUT2D eigenvalue weighted by molar-refractivity contribution is 0.0698. The van der Waals surface area contributed by atoms with Crippen LogP contribution in [0, 0.1) is 0 Å². The summed E-state index contributed by atoms with van der Waals surface area (Å²) >= 11 is 5.55. The molecule has 94 valence electrons. The summed E-state index contributed by atoms with van der Waals surface area (Å²) in [6.07, 6.45) is 0. The van der Waals surface area contributed by atoms with E-state index in [-0.39, 0.29) is 5.02 Å². The fourth-order valence-corrected chi connectivity index (χ4v) is 1.86. The van der Waals surface area contributed by atoms with E-state index in [9.17, 15) is 22.0 Å². The molecule has 0 amide bonds. The first-order valence-corrected chi connectivity index (χ1v) is 5.99. The zero-order valence-corrected chi connectivity index (χ0v) is 9.60. The molecule has 1 rings (SSSR count). The van der Waals surface area contributed by atoms with Crippen LogP contribution in [-0.4, -0.2) is 25.3 Å². The fourth-order valence-electron chi connectivity index (χ4n) is 0.993. The number of aromatic carboxylic acids is 1. The van der Waals surface area contributed by atoms with Crippen molar-refractivity contribution in [3.05, 3.63) is 28.8 Å². The van der Waals surface area contributed by atoms with Gasteiger partial charge >= 0.3 is 11.7 Å². The smallest absolute Gasteiger partial charge is 0.355 e. The topological polar surface area (TPSA) is 83.5 Å². The fraction of sp³-hybridized carbons (Fsp3) is 0.125. The lowest BCUT2D eigenvalue weighted by atomic mass is 10.2. The van der Waals surface area contributed by atoms with Gasteiger partial charge in [0.1, 0.15) is 0 Å². The highest BCUT2D eigenvalue weighted by Gasteiger charge is 2.26. The first kappa shape index (κ1) is 13.7. The maximum Gasteiger partial charge on any atom is 0.355 e. The number of hydrogen-bond donors (Lipinski definition) is 2. The molecule has 0 saturated heterocycles. The van der Waals surface area contributed by atoms with Crippen molar-refractivity contribution < 1.29 is 27.1 Å². The number of alkyl halides is 2. The maximum absolute atomic E-state index is 12.1. The van der Waals surface area contributed by atoms with Gasteiger partial charge in [-0.05, 0) is 12.1 Å². The van der Waals surface area contributed by atoms with Gasteiger partial charge in [0.15, 0.2) is 0 Å². The molecule has 0 aliphatic heterocycles. The number of hydrogen-bond acceptors (Lipinski definition) is 3. The molecule has 0 bridgehead atoms. The van der Waals surface area contributed by atoms with Crippen molar-refractivity contribution in [2.24, 2.45) is 0 Å². The summed E-state index contributed by atoms with van der Waals surface area (Å²) in [5, 5.41) is 8.46. The number of benzene rings is 1. The van der Waals surface area contributed by atoms with Gasteiger partial charge < -0.3 is 5.11 Å². The Hall–Kier alpha value is -1.41. The number of carboxylic acids is 1. The number of para-hydroxylation sites is 1. The van der Waals surface area contributed by atoms with E-state index < -0.39 is 33.0 Å². The van der Waals surface area contributed by atoms with Crippen LogP contribution in [0.25, 0.3) is 0 Å². The van der Waals surface area contributed by atoms with Crippen LogP contribution in [0.2, 0.25) is 5.02 Å². The summed E-state index contributed by atoms with van der Waals surface area (Å²) in [6, 6.07) is 3.47. The number of sulfonamides is 1. The van der Waals surface area contributed by atoms with Gasteiger partial charge in [-0.25, -0.2) is 13.2 Å². The highest BCUT2D eigenvalue weighted by Crippen LogP contribution is 2.28. The van der Waals surface area contributed by atoms with Crippen molar-refractivity contribution in [3.8, 4) is 0 Å². The summed E-state index contributed by atoms with van der Waals surface area (Å²) in [4.78, 5) is 10.7. The molecule has 0 aromatic heterocycles. The monoisotopic (exact) mass is 285 g/mol. The molecule has 0 heterocycles. The molecular formula is C8H6ClF2NO4S. The minimum Gasteiger partial charge on any atom is -0.478 e. The molecule has 5 nitrogen and oxygen atoms in total. The molecule has 0 spiro atoms. The van der Waals surface area contributed by atoms with E-state index in [0.717, 1.165) is 6.07 Å². The zero-order chi connectivity index (χ0) is 13.2. The van der Waals surface area contributed by atoms with E-state index in [4.69, 9.17) is 16.7 Å². The molecule has 0 saturated carbocycles. The normalized spacial score (nSPS) is 11.5. The van der Waals surface area contributed by atoms with Gasteiger partial charge in [0, 0.05) is 0 Å². The summed E-state index contributed by atoms with van der Waals surface area (Å²) in [5.74, 6) is -5.17. The van der Waals surface area contributed by atoms with Crippen LogP contribution in [0.1, 0.15) is 10.4 Å². The van der Waals surface area contributed by atoms with Gasteiger partial charge in [0.2, 0.25) is 0 Å². The zero-order valence-electron chi connectivity index (χ0n) is 8.02. The standard InChI is InChI=1S/C8H6ClF2NO4S/c9-5-3-1-2-4(7(13)14)6(5)12-17(15,16)8(10)11/h1-3,8,12H,(H,13,14). The number of nitrogens with one attached hydrogen (secondary N) is 1. The van der Waals surface area contributed by atoms with Crippen molar-refractivity contribution in [2.45, 2.75) is 5.76 Å². The highest BCUT2D eigenvalue weighted by molar-refractivity contribution is 7.93. The van der Waals surface area contributed by atoms with Gasteiger partial charge in [-0.15, -0.1) is 0 Å². The predicted octanol–water partition coefficient (Wildman–Crippen LogP) is 2.00. The van der Waals surface area contributed by atoms with Gasteiger partial charge in [0.25, 0.3) is 10.0 Å². The minimum atomic E-state index is -4.96. The van der Waals surface area contributed by atoms with Crippen LogP contribution in [0.4, 0.5) is 14.5 Å². The molecule has 0 radical (unpaired) electrons. The number of rotatable bonds is 4. The van der Waals surface area contributed by atoms with Crippen LogP contribution in [-0.2, 0) is 10.0 Å².